The molecule has 0 spiro atoms. The number of nitrogens with zero attached hydrogens (tertiary/aromatic N) is 3. The van der Waals surface area contributed by atoms with Crippen LogP contribution in [0.2, 0.25) is 0 Å². The zero-order valence-corrected chi connectivity index (χ0v) is 12.1. The van der Waals surface area contributed by atoms with Gasteiger partial charge < -0.3 is 9.84 Å². The van der Waals surface area contributed by atoms with Crippen molar-refractivity contribution in [1.29, 1.82) is 0 Å². The van der Waals surface area contributed by atoms with E-state index in [2.05, 4.69) is 36.4 Å². The van der Waals surface area contributed by atoms with Gasteiger partial charge in [0.05, 0.1) is 11.6 Å². The van der Waals surface area contributed by atoms with Crippen LogP contribution in [0.1, 0.15) is 37.5 Å². The summed E-state index contributed by atoms with van der Waals surface area (Å²) in [5, 5.41) is 7.56. The summed E-state index contributed by atoms with van der Waals surface area (Å²) >= 11 is 3.39. The number of halogens is 1. The van der Waals surface area contributed by atoms with Crippen LogP contribution in [0.5, 0.6) is 0 Å². The first-order valence-corrected chi connectivity index (χ1v) is 7.30. The van der Waals surface area contributed by atoms with Gasteiger partial charge in [0.25, 0.3) is 5.89 Å². The lowest BCUT2D eigenvalue weighted by atomic mass is 10.1. The van der Waals surface area contributed by atoms with Crippen LogP contribution >= 0.6 is 15.9 Å². The van der Waals surface area contributed by atoms with Crippen LogP contribution in [0.15, 0.2) is 27.5 Å². The third kappa shape index (κ3) is 3.01. The zero-order chi connectivity index (χ0) is 13.1. The Morgan fingerprint density at radius 2 is 2.21 bits per heavy atom. The Bertz CT molecular complexity index is 549. The minimum atomic E-state index is 0.208. The van der Waals surface area contributed by atoms with E-state index in [0.29, 0.717) is 5.89 Å². The Morgan fingerprint density at radius 3 is 3.11 bits per heavy atom. The van der Waals surface area contributed by atoms with E-state index in [-0.39, 0.29) is 6.04 Å². The molecule has 0 amide bonds. The molecule has 0 saturated carbocycles. The summed E-state index contributed by atoms with van der Waals surface area (Å²) in [5.41, 5.74) is 0.835. The molecule has 2 aromatic heterocycles. The predicted octanol–water partition coefficient (Wildman–Crippen LogP) is 3.10. The van der Waals surface area contributed by atoms with Gasteiger partial charge in [-0.25, -0.2) is 0 Å². The van der Waals surface area contributed by atoms with Crippen LogP contribution in [0.25, 0.3) is 11.5 Å². The minimum absolute atomic E-state index is 0.208. The van der Waals surface area contributed by atoms with Crippen LogP contribution in [-0.4, -0.2) is 21.7 Å². The van der Waals surface area contributed by atoms with Crippen molar-refractivity contribution in [2.24, 2.45) is 0 Å². The fourth-order valence-corrected chi connectivity index (χ4v) is 2.64. The Kier molecular flexibility index (Phi) is 3.89. The normalized spacial score (nSPS) is 20.2. The van der Waals surface area contributed by atoms with Crippen molar-refractivity contribution in [2.45, 2.75) is 31.7 Å². The maximum atomic E-state index is 5.34. The van der Waals surface area contributed by atoms with Gasteiger partial charge in [-0.1, -0.05) is 18.0 Å². The van der Waals surface area contributed by atoms with Gasteiger partial charge in [-0.15, -0.1) is 0 Å². The second kappa shape index (κ2) is 5.79. The lowest BCUT2D eigenvalue weighted by Gasteiger charge is -2.09. The molecule has 5 nitrogen and oxygen atoms in total. The summed E-state index contributed by atoms with van der Waals surface area (Å²) in [6.45, 7) is 1.02. The van der Waals surface area contributed by atoms with Crippen molar-refractivity contribution in [2.75, 3.05) is 6.54 Å². The molecule has 100 valence electrons. The van der Waals surface area contributed by atoms with Gasteiger partial charge in [-0.3, -0.25) is 4.98 Å². The van der Waals surface area contributed by atoms with Gasteiger partial charge in [0, 0.05) is 16.9 Å². The molecule has 1 fully saturated rings. The second-order valence-corrected chi connectivity index (χ2v) is 5.62. The van der Waals surface area contributed by atoms with Crippen molar-refractivity contribution in [1.82, 2.24) is 20.4 Å². The number of hydrogen-bond acceptors (Lipinski definition) is 5. The van der Waals surface area contributed by atoms with Crippen LogP contribution in [0, 0.1) is 0 Å². The Hall–Kier alpha value is -1.27. The highest BCUT2D eigenvalue weighted by Crippen LogP contribution is 2.24. The topological polar surface area (TPSA) is 63.8 Å². The molecule has 1 aliphatic heterocycles. The molecular formula is C13H15BrN4O. The third-order valence-corrected chi connectivity index (χ3v) is 3.70. The molecule has 2 aromatic rings. The number of nitrogens with one attached hydrogen (secondary N) is 1. The predicted molar refractivity (Wildman–Crippen MR) is 74.4 cm³/mol. The highest BCUT2D eigenvalue weighted by atomic mass is 79.9. The van der Waals surface area contributed by atoms with E-state index in [4.69, 9.17) is 4.52 Å². The van der Waals surface area contributed by atoms with Crippen molar-refractivity contribution < 1.29 is 4.52 Å². The first kappa shape index (κ1) is 12.7. The molecule has 0 aliphatic carbocycles. The average molecular weight is 323 g/mol. The minimum Gasteiger partial charge on any atom is -0.334 e. The van der Waals surface area contributed by atoms with Gasteiger partial charge in [0.2, 0.25) is 0 Å². The van der Waals surface area contributed by atoms with Crippen LogP contribution < -0.4 is 5.32 Å². The molecule has 0 radical (unpaired) electrons. The van der Waals surface area contributed by atoms with E-state index in [9.17, 15) is 0 Å². The molecule has 0 aromatic carbocycles. The Morgan fingerprint density at radius 1 is 1.26 bits per heavy atom. The lowest BCUT2D eigenvalue weighted by molar-refractivity contribution is 0.402. The monoisotopic (exact) mass is 322 g/mol. The van der Waals surface area contributed by atoms with Crippen LogP contribution in [-0.2, 0) is 0 Å². The molecule has 1 unspecified atom stereocenters. The van der Waals surface area contributed by atoms with E-state index in [1.165, 1.54) is 19.3 Å². The second-order valence-electron chi connectivity index (χ2n) is 4.71. The van der Waals surface area contributed by atoms with Crippen molar-refractivity contribution in [3.8, 4) is 11.5 Å². The highest BCUT2D eigenvalue weighted by molar-refractivity contribution is 9.10. The summed E-state index contributed by atoms with van der Waals surface area (Å²) < 4.78 is 6.24. The molecule has 1 saturated heterocycles. The Labute approximate surface area is 119 Å². The fourth-order valence-electron chi connectivity index (χ4n) is 2.27. The number of aromatic nitrogens is 3. The number of pyridine rings is 1. The van der Waals surface area contributed by atoms with E-state index in [1.807, 2.05) is 6.07 Å². The summed E-state index contributed by atoms with van der Waals surface area (Å²) in [7, 11) is 0. The van der Waals surface area contributed by atoms with E-state index in [1.54, 1.807) is 12.4 Å². The fraction of sp³-hybridized carbons (Fsp3) is 0.462. The third-order valence-electron chi connectivity index (χ3n) is 3.27. The van der Waals surface area contributed by atoms with Crippen molar-refractivity contribution in [3.63, 3.8) is 0 Å². The van der Waals surface area contributed by atoms with Gasteiger partial charge in [0.1, 0.15) is 0 Å². The van der Waals surface area contributed by atoms with Gasteiger partial charge in [-0.05, 0) is 41.4 Å². The van der Waals surface area contributed by atoms with Crippen LogP contribution in [0.4, 0.5) is 0 Å². The molecule has 1 N–H and O–H groups in total. The smallest absolute Gasteiger partial charge is 0.259 e. The molecule has 1 aliphatic rings. The van der Waals surface area contributed by atoms with Crippen LogP contribution in [0.3, 0.4) is 0 Å². The SMILES string of the molecule is Brc1cncc(-c2nc(C3CCCCCN3)no2)c1. The maximum Gasteiger partial charge on any atom is 0.259 e. The summed E-state index contributed by atoms with van der Waals surface area (Å²) in [4.78, 5) is 8.59. The van der Waals surface area contributed by atoms with Gasteiger partial charge >= 0.3 is 0 Å². The summed E-state index contributed by atoms with van der Waals surface area (Å²) in [5.74, 6) is 1.27. The van der Waals surface area contributed by atoms with Crippen molar-refractivity contribution in [3.05, 3.63) is 28.8 Å². The van der Waals surface area contributed by atoms with E-state index in [0.717, 1.165) is 28.8 Å². The molecule has 3 rings (SSSR count). The highest BCUT2D eigenvalue weighted by Gasteiger charge is 2.20. The zero-order valence-electron chi connectivity index (χ0n) is 10.5. The van der Waals surface area contributed by atoms with Gasteiger partial charge in [-0.2, -0.15) is 4.98 Å². The molecule has 1 atom stereocenters. The molecule has 3 heterocycles. The summed E-state index contributed by atoms with van der Waals surface area (Å²) in [6, 6.07) is 2.13. The standard InChI is InChI=1S/C13H15BrN4O/c14-10-6-9(7-15-8-10)13-17-12(18-19-13)11-4-2-1-3-5-16-11/h6-8,11,16H,1-5H2. The molecule has 19 heavy (non-hydrogen) atoms. The first-order valence-electron chi connectivity index (χ1n) is 6.51. The largest absolute Gasteiger partial charge is 0.334 e. The molecular weight excluding hydrogens is 308 g/mol. The quantitative estimate of drug-likeness (QED) is 0.920. The average Bonchev–Trinajstić information content (AvgIpc) is 2.75. The Balaban J connectivity index is 1.82. The number of rotatable bonds is 2. The molecule has 6 heteroatoms. The lowest BCUT2D eigenvalue weighted by Crippen LogP contribution is -2.21. The van der Waals surface area contributed by atoms with Crippen molar-refractivity contribution >= 4 is 15.9 Å². The first-order chi connectivity index (χ1) is 9.33. The maximum absolute atomic E-state index is 5.34. The number of hydrogen-bond donors (Lipinski definition) is 1. The summed E-state index contributed by atoms with van der Waals surface area (Å²) in [6.07, 6.45) is 8.21. The van der Waals surface area contributed by atoms with Gasteiger partial charge in [0.15, 0.2) is 5.82 Å². The van der Waals surface area contributed by atoms with E-state index >= 15 is 0 Å². The molecule has 0 bridgehead atoms. The van der Waals surface area contributed by atoms with E-state index < -0.39 is 0 Å².